The van der Waals surface area contributed by atoms with Gasteiger partial charge in [-0.2, -0.15) is 0 Å². The van der Waals surface area contributed by atoms with Crippen molar-refractivity contribution in [2.45, 2.75) is 12.8 Å². The molecule has 2 rings (SSSR count). The van der Waals surface area contributed by atoms with E-state index >= 15 is 0 Å². The lowest BCUT2D eigenvalue weighted by molar-refractivity contribution is -0.137. The van der Waals surface area contributed by atoms with Gasteiger partial charge in [0.05, 0.1) is 13.2 Å². The fourth-order valence-corrected chi connectivity index (χ4v) is 1.85. The summed E-state index contributed by atoms with van der Waals surface area (Å²) in [6.45, 7) is 0.723. The fourth-order valence-electron chi connectivity index (χ4n) is 1.85. The molecule has 0 bridgehead atoms. The first kappa shape index (κ1) is 10.1. The lowest BCUT2D eigenvalue weighted by atomic mass is 10.0. The highest BCUT2D eigenvalue weighted by atomic mass is 16.5. The molecular formula is C11H13NO3. The predicted molar refractivity (Wildman–Crippen MR) is 54.0 cm³/mol. The largest absolute Gasteiger partial charge is 0.383 e. The molecule has 1 aliphatic carbocycles. The molecule has 0 radical (unpaired) electrons. The molecule has 0 aromatic carbocycles. The molecule has 1 heterocycles. The molecule has 0 atom stereocenters. The summed E-state index contributed by atoms with van der Waals surface area (Å²) in [7, 11) is 1.55. The van der Waals surface area contributed by atoms with E-state index in [0.29, 0.717) is 24.3 Å². The summed E-state index contributed by atoms with van der Waals surface area (Å²) in [6, 6.07) is 0. The zero-order valence-corrected chi connectivity index (χ0v) is 8.66. The zero-order valence-electron chi connectivity index (χ0n) is 8.66. The number of amides is 2. The number of ether oxygens (including phenoxy) is 1. The minimum atomic E-state index is -0.178. The van der Waals surface area contributed by atoms with Crippen molar-refractivity contribution in [1.82, 2.24) is 4.90 Å². The summed E-state index contributed by atoms with van der Waals surface area (Å²) in [5.41, 5.74) is 1.14. The van der Waals surface area contributed by atoms with E-state index < -0.39 is 0 Å². The Hall–Kier alpha value is -1.42. The second-order valence-corrected chi connectivity index (χ2v) is 3.57. The summed E-state index contributed by atoms with van der Waals surface area (Å²) in [4.78, 5) is 24.8. The van der Waals surface area contributed by atoms with Crippen LogP contribution in [-0.4, -0.2) is 37.0 Å². The fraction of sp³-hybridized carbons (Fsp3) is 0.455. The Morgan fingerprint density at radius 1 is 1.20 bits per heavy atom. The number of hydrogen-bond acceptors (Lipinski definition) is 3. The number of fused-ring (bicyclic) bond motifs is 1. The Kier molecular flexibility index (Phi) is 2.68. The highest BCUT2D eigenvalue weighted by Crippen LogP contribution is 2.28. The first-order chi connectivity index (χ1) is 7.25. The molecule has 80 valence electrons. The Bertz CT molecular complexity index is 336. The molecule has 0 unspecified atom stereocenters. The number of rotatable bonds is 3. The lowest BCUT2D eigenvalue weighted by Gasteiger charge is -2.11. The molecule has 15 heavy (non-hydrogen) atoms. The van der Waals surface area contributed by atoms with Crippen LogP contribution >= 0.6 is 0 Å². The van der Waals surface area contributed by atoms with Crippen molar-refractivity contribution < 1.29 is 14.3 Å². The van der Waals surface area contributed by atoms with Gasteiger partial charge in [0.25, 0.3) is 11.8 Å². The van der Waals surface area contributed by atoms with E-state index in [9.17, 15) is 9.59 Å². The maximum Gasteiger partial charge on any atom is 0.261 e. The van der Waals surface area contributed by atoms with Gasteiger partial charge in [-0.25, -0.2) is 0 Å². The molecule has 0 spiro atoms. The molecule has 0 saturated carbocycles. The van der Waals surface area contributed by atoms with Crippen molar-refractivity contribution in [3.05, 3.63) is 23.3 Å². The van der Waals surface area contributed by atoms with Gasteiger partial charge in [0.2, 0.25) is 0 Å². The molecule has 2 amide bonds. The minimum absolute atomic E-state index is 0.178. The third-order valence-corrected chi connectivity index (χ3v) is 2.62. The zero-order chi connectivity index (χ0) is 10.8. The van der Waals surface area contributed by atoms with Gasteiger partial charge in [-0.05, 0) is 12.8 Å². The SMILES string of the molecule is COCCN1C(=O)C2=CCCC=C2C1=O. The van der Waals surface area contributed by atoms with Crippen molar-refractivity contribution in [3.8, 4) is 0 Å². The molecular weight excluding hydrogens is 194 g/mol. The molecule has 1 fully saturated rings. The monoisotopic (exact) mass is 207 g/mol. The molecule has 0 aromatic heterocycles. The summed E-state index contributed by atoms with van der Waals surface area (Å²) < 4.78 is 4.87. The van der Waals surface area contributed by atoms with Crippen LogP contribution in [0.25, 0.3) is 0 Å². The summed E-state index contributed by atoms with van der Waals surface area (Å²) in [6.07, 6.45) is 5.39. The van der Waals surface area contributed by atoms with Crippen LogP contribution in [0.3, 0.4) is 0 Å². The number of imide groups is 1. The van der Waals surface area contributed by atoms with Crippen LogP contribution in [0.5, 0.6) is 0 Å². The molecule has 0 N–H and O–H groups in total. The third kappa shape index (κ3) is 1.61. The van der Waals surface area contributed by atoms with Crippen molar-refractivity contribution in [2.75, 3.05) is 20.3 Å². The number of carbonyl (C=O) groups is 2. The Balaban J connectivity index is 2.22. The highest BCUT2D eigenvalue weighted by molar-refractivity contribution is 6.24. The van der Waals surface area contributed by atoms with Crippen molar-refractivity contribution >= 4 is 11.8 Å². The first-order valence-electron chi connectivity index (χ1n) is 5.01. The van der Waals surface area contributed by atoms with Crippen LogP contribution in [0, 0.1) is 0 Å². The van der Waals surface area contributed by atoms with Crippen molar-refractivity contribution in [3.63, 3.8) is 0 Å². The van der Waals surface area contributed by atoms with Gasteiger partial charge in [0.15, 0.2) is 0 Å². The number of allylic oxidation sites excluding steroid dienone is 2. The standard InChI is InChI=1S/C11H13NO3/c1-15-7-6-12-10(13)8-4-2-3-5-9(8)11(12)14/h4-5H,2-3,6-7H2,1H3. The predicted octanol–water partition coefficient (Wildman–Crippen LogP) is 0.648. The topological polar surface area (TPSA) is 46.6 Å². The maximum absolute atomic E-state index is 11.8. The second-order valence-electron chi connectivity index (χ2n) is 3.57. The summed E-state index contributed by atoms with van der Waals surface area (Å²) >= 11 is 0. The van der Waals surface area contributed by atoms with Crippen LogP contribution in [-0.2, 0) is 14.3 Å². The van der Waals surface area contributed by atoms with E-state index in [1.54, 1.807) is 7.11 Å². The van der Waals surface area contributed by atoms with Crippen molar-refractivity contribution in [2.24, 2.45) is 0 Å². The smallest absolute Gasteiger partial charge is 0.261 e. The van der Waals surface area contributed by atoms with Gasteiger partial charge in [0, 0.05) is 18.3 Å². The lowest BCUT2D eigenvalue weighted by Crippen LogP contribution is -2.32. The molecule has 2 aliphatic rings. The van der Waals surface area contributed by atoms with Crippen LogP contribution in [0.4, 0.5) is 0 Å². The molecule has 1 saturated heterocycles. The number of hydrogen-bond donors (Lipinski definition) is 0. The normalized spacial score (nSPS) is 20.2. The number of nitrogens with zero attached hydrogens (tertiary/aromatic N) is 1. The Morgan fingerprint density at radius 3 is 2.20 bits per heavy atom. The van der Waals surface area contributed by atoms with Gasteiger partial charge in [-0.1, -0.05) is 12.2 Å². The van der Waals surface area contributed by atoms with Gasteiger partial charge in [0.1, 0.15) is 0 Å². The van der Waals surface area contributed by atoms with E-state index in [1.807, 2.05) is 12.2 Å². The number of carbonyl (C=O) groups excluding carboxylic acids is 2. The van der Waals surface area contributed by atoms with Crippen LogP contribution in [0.15, 0.2) is 23.3 Å². The number of likely N-dealkylation sites (tertiary alicyclic amines) is 1. The van der Waals surface area contributed by atoms with E-state index in [-0.39, 0.29) is 11.8 Å². The second kappa shape index (κ2) is 3.98. The number of methoxy groups -OCH3 is 1. The average molecular weight is 207 g/mol. The van der Waals surface area contributed by atoms with E-state index in [1.165, 1.54) is 4.90 Å². The maximum atomic E-state index is 11.8. The molecule has 1 aliphatic heterocycles. The molecule has 0 aromatic rings. The first-order valence-corrected chi connectivity index (χ1v) is 5.01. The third-order valence-electron chi connectivity index (χ3n) is 2.62. The van der Waals surface area contributed by atoms with Crippen molar-refractivity contribution in [1.29, 1.82) is 0 Å². The summed E-state index contributed by atoms with van der Waals surface area (Å²) in [5.74, 6) is -0.356. The van der Waals surface area contributed by atoms with E-state index in [2.05, 4.69) is 0 Å². The van der Waals surface area contributed by atoms with Gasteiger partial charge in [-0.3, -0.25) is 14.5 Å². The minimum Gasteiger partial charge on any atom is -0.383 e. The Morgan fingerprint density at radius 2 is 1.73 bits per heavy atom. The van der Waals surface area contributed by atoms with Crippen LogP contribution in [0.1, 0.15) is 12.8 Å². The van der Waals surface area contributed by atoms with E-state index in [0.717, 1.165) is 12.8 Å². The summed E-state index contributed by atoms with van der Waals surface area (Å²) in [5, 5.41) is 0. The van der Waals surface area contributed by atoms with Crippen LogP contribution in [0.2, 0.25) is 0 Å². The van der Waals surface area contributed by atoms with Gasteiger partial charge in [-0.15, -0.1) is 0 Å². The van der Waals surface area contributed by atoms with Crippen LogP contribution < -0.4 is 0 Å². The average Bonchev–Trinajstić information content (AvgIpc) is 2.51. The van der Waals surface area contributed by atoms with E-state index in [4.69, 9.17) is 4.74 Å². The van der Waals surface area contributed by atoms with Gasteiger partial charge >= 0.3 is 0 Å². The highest BCUT2D eigenvalue weighted by Gasteiger charge is 2.38. The molecule has 4 nitrogen and oxygen atoms in total. The Labute approximate surface area is 88.2 Å². The van der Waals surface area contributed by atoms with Gasteiger partial charge < -0.3 is 4.74 Å². The molecule has 4 heteroatoms. The quantitative estimate of drug-likeness (QED) is 0.638.